The zero-order valence-corrected chi connectivity index (χ0v) is 15.1. The third-order valence-electron chi connectivity index (χ3n) is 4.00. The second kappa shape index (κ2) is 8.64. The molecule has 6 heteroatoms. The van der Waals surface area contributed by atoms with Crippen LogP contribution in [-0.4, -0.2) is 15.0 Å². The Hall–Kier alpha value is -3.93. The lowest BCUT2D eigenvalue weighted by Gasteiger charge is -2.10. The van der Waals surface area contributed by atoms with Crippen LogP contribution >= 0.6 is 0 Å². The third kappa shape index (κ3) is 4.82. The van der Waals surface area contributed by atoms with Gasteiger partial charge in [0.05, 0.1) is 0 Å². The largest absolute Gasteiger partial charge is 0.457 e. The molecule has 0 unspecified atom stereocenters. The van der Waals surface area contributed by atoms with E-state index in [-0.39, 0.29) is 0 Å². The van der Waals surface area contributed by atoms with E-state index >= 15 is 0 Å². The second-order valence-electron chi connectivity index (χ2n) is 6.06. The number of benzene rings is 2. The molecular formula is C22H19N5O. The Morgan fingerprint density at radius 3 is 2.25 bits per heavy atom. The molecule has 2 aromatic carbocycles. The molecule has 0 spiro atoms. The van der Waals surface area contributed by atoms with Crippen LogP contribution in [0.25, 0.3) is 0 Å². The number of hydrogen-bond donors (Lipinski definition) is 2. The Balaban J connectivity index is 1.37. The van der Waals surface area contributed by atoms with E-state index in [1.165, 1.54) is 6.33 Å². The minimum Gasteiger partial charge on any atom is -0.457 e. The first-order valence-electron chi connectivity index (χ1n) is 8.90. The van der Waals surface area contributed by atoms with Crippen molar-refractivity contribution in [3.63, 3.8) is 0 Å². The summed E-state index contributed by atoms with van der Waals surface area (Å²) in [6.07, 6.45) is 5.08. The van der Waals surface area contributed by atoms with Crippen molar-refractivity contribution in [2.45, 2.75) is 6.54 Å². The first kappa shape index (κ1) is 17.5. The molecule has 0 amide bonds. The van der Waals surface area contributed by atoms with Crippen LogP contribution in [-0.2, 0) is 6.54 Å². The van der Waals surface area contributed by atoms with E-state index in [4.69, 9.17) is 4.74 Å². The Kier molecular flexibility index (Phi) is 5.39. The topological polar surface area (TPSA) is 72.0 Å². The molecule has 138 valence electrons. The molecule has 28 heavy (non-hydrogen) atoms. The highest BCUT2D eigenvalue weighted by Gasteiger charge is 2.02. The summed E-state index contributed by atoms with van der Waals surface area (Å²) >= 11 is 0. The summed E-state index contributed by atoms with van der Waals surface area (Å²) in [5.74, 6) is 3.05. The van der Waals surface area contributed by atoms with Crippen molar-refractivity contribution < 1.29 is 4.74 Å². The summed E-state index contributed by atoms with van der Waals surface area (Å²) in [4.78, 5) is 12.6. The van der Waals surface area contributed by atoms with E-state index in [1.807, 2.05) is 72.8 Å². The average molecular weight is 369 g/mol. The predicted octanol–water partition coefficient (Wildman–Crippen LogP) is 5.02. The number of hydrogen-bond acceptors (Lipinski definition) is 6. The van der Waals surface area contributed by atoms with Gasteiger partial charge in [0, 0.05) is 30.7 Å². The summed E-state index contributed by atoms with van der Waals surface area (Å²) in [5, 5.41) is 6.56. The highest BCUT2D eigenvalue weighted by molar-refractivity contribution is 5.59. The number of aromatic nitrogens is 3. The maximum atomic E-state index is 5.81. The highest BCUT2D eigenvalue weighted by Crippen LogP contribution is 2.24. The molecule has 0 fully saturated rings. The number of rotatable bonds is 7. The van der Waals surface area contributed by atoms with Gasteiger partial charge in [-0.25, -0.2) is 9.97 Å². The summed E-state index contributed by atoms with van der Waals surface area (Å²) in [5.41, 5.74) is 2.05. The van der Waals surface area contributed by atoms with Crippen molar-refractivity contribution in [3.8, 4) is 11.5 Å². The van der Waals surface area contributed by atoms with Crippen LogP contribution in [0, 0.1) is 0 Å². The van der Waals surface area contributed by atoms with E-state index < -0.39 is 0 Å². The molecule has 2 aromatic heterocycles. The van der Waals surface area contributed by atoms with Crippen LogP contribution in [0.4, 0.5) is 17.3 Å². The normalized spacial score (nSPS) is 10.3. The summed E-state index contributed by atoms with van der Waals surface area (Å²) < 4.78 is 5.81. The maximum absolute atomic E-state index is 5.81. The molecule has 0 saturated carbocycles. The monoisotopic (exact) mass is 369 g/mol. The van der Waals surface area contributed by atoms with Gasteiger partial charge in [-0.3, -0.25) is 4.98 Å². The molecule has 0 bridgehead atoms. The molecule has 4 rings (SSSR count). The van der Waals surface area contributed by atoms with E-state index in [0.29, 0.717) is 12.4 Å². The minimum absolute atomic E-state index is 0.671. The molecule has 0 aliphatic carbocycles. The number of nitrogens with zero attached hydrogens (tertiary/aromatic N) is 3. The van der Waals surface area contributed by atoms with Crippen LogP contribution in [0.5, 0.6) is 11.5 Å². The fraction of sp³-hybridized carbons (Fsp3) is 0.0455. The molecule has 0 aliphatic rings. The summed E-state index contributed by atoms with van der Waals surface area (Å²) in [7, 11) is 0. The van der Waals surface area contributed by atoms with Crippen molar-refractivity contribution in [1.29, 1.82) is 0 Å². The van der Waals surface area contributed by atoms with E-state index in [1.54, 1.807) is 12.4 Å². The lowest BCUT2D eigenvalue weighted by atomic mass is 10.3. The average Bonchev–Trinajstić information content (AvgIpc) is 2.76. The number of anilines is 3. The predicted molar refractivity (Wildman–Crippen MR) is 110 cm³/mol. The van der Waals surface area contributed by atoms with Crippen molar-refractivity contribution in [2.75, 3.05) is 10.6 Å². The van der Waals surface area contributed by atoms with Crippen molar-refractivity contribution in [2.24, 2.45) is 0 Å². The standard InChI is InChI=1S/C22H19N5O/c1-2-4-19(5-3-1)28-20-8-6-18(7-9-20)27-22-14-21(25-16-26-22)24-15-17-10-12-23-13-11-17/h1-14,16H,15H2,(H2,24,25,26,27). The van der Waals surface area contributed by atoms with Crippen LogP contribution in [0.1, 0.15) is 5.56 Å². The van der Waals surface area contributed by atoms with Gasteiger partial charge in [-0.15, -0.1) is 0 Å². The molecular weight excluding hydrogens is 350 g/mol. The first-order valence-corrected chi connectivity index (χ1v) is 8.90. The molecule has 2 N–H and O–H groups in total. The molecule has 0 aliphatic heterocycles. The van der Waals surface area contributed by atoms with Gasteiger partial charge in [-0.05, 0) is 54.1 Å². The Morgan fingerprint density at radius 2 is 1.46 bits per heavy atom. The third-order valence-corrected chi connectivity index (χ3v) is 4.00. The Bertz CT molecular complexity index is 1010. The zero-order valence-electron chi connectivity index (χ0n) is 15.1. The lowest BCUT2D eigenvalue weighted by Crippen LogP contribution is -2.03. The molecule has 0 saturated heterocycles. The number of para-hydroxylation sites is 1. The molecule has 0 radical (unpaired) electrons. The molecule has 2 heterocycles. The number of nitrogens with one attached hydrogen (secondary N) is 2. The SMILES string of the molecule is c1ccc(Oc2ccc(Nc3cc(NCc4ccncc4)ncn3)cc2)cc1. The minimum atomic E-state index is 0.671. The van der Waals surface area contributed by atoms with Crippen molar-refractivity contribution in [1.82, 2.24) is 15.0 Å². The van der Waals surface area contributed by atoms with Crippen LogP contribution < -0.4 is 15.4 Å². The fourth-order valence-electron chi connectivity index (χ4n) is 2.59. The maximum Gasteiger partial charge on any atom is 0.135 e. The van der Waals surface area contributed by atoms with Crippen molar-refractivity contribution >= 4 is 17.3 Å². The lowest BCUT2D eigenvalue weighted by molar-refractivity contribution is 0.483. The van der Waals surface area contributed by atoms with Crippen LogP contribution in [0.2, 0.25) is 0 Å². The fourth-order valence-corrected chi connectivity index (χ4v) is 2.59. The van der Waals surface area contributed by atoms with Gasteiger partial charge in [-0.2, -0.15) is 0 Å². The Labute approximate surface area is 163 Å². The van der Waals surface area contributed by atoms with Crippen LogP contribution in [0.15, 0.2) is 91.5 Å². The highest BCUT2D eigenvalue weighted by atomic mass is 16.5. The zero-order chi connectivity index (χ0) is 19.0. The Morgan fingerprint density at radius 1 is 0.750 bits per heavy atom. The van der Waals surface area contributed by atoms with E-state index in [0.717, 1.165) is 28.6 Å². The van der Waals surface area contributed by atoms with E-state index in [9.17, 15) is 0 Å². The summed E-state index contributed by atoms with van der Waals surface area (Å²) in [6.45, 7) is 0.671. The van der Waals surface area contributed by atoms with Gasteiger partial charge < -0.3 is 15.4 Å². The van der Waals surface area contributed by atoms with E-state index in [2.05, 4.69) is 25.6 Å². The van der Waals surface area contributed by atoms with Gasteiger partial charge in [0.2, 0.25) is 0 Å². The van der Waals surface area contributed by atoms with Gasteiger partial charge >= 0.3 is 0 Å². The van der Waals surface area contributed by atoms with Crippen LogP contribution in [0.3, 0.4) is 0 Å². The first-order chi connectivity index (χ1) is 13.8. The molecule has 0 atom stereocenters. The quantitative estimate of drug-likeness (QED) is 0.477. The molecule has 6 nitrogen and oxygen atoms in total. The number of pyridine rings is 1. The van der Waals surface area contributed by atoms with Gasteiger partial charge in [0.1, 0.15) is 29.5 Å². The summed E-state index contributed by atoms with van der Waals surface area (Å²) in [6, 6.07) is 23.2. The van der Waals surface area contributed by atoms with Gasteiger partial charge in [0.15, 0.2) is 0 Å². The second-order valence-corrected chi connectivity index (χ2v) is 6.06. The van der Waals surface area contributed by atoms with Crippen molar-refractivity contribution in [3.05, 3.63) is 97.1 Å². The molecule has 4 aromatic rings. The van der Waals surface area contributed by atoms with Gasteiger partial charge in [-0.1, -0.05) is 18.2 Å². The number of ether oxygens (including phenoxy) is 1. The smallest absolute Gasteiger partial charge is 0.135 e. The van der Waals surface area contributed by atoms with Gasteiger partial charge in [0.25, 0.3) is 0 Å².